The maximum atomic E-state index is 13.9. The molecule has 0 aliphatic heterocycles. The number of phenols is 1. The summed E-state index contributed by atoms with van der Waals surface area (Å²) < 4.78 is 45.4. The number of halogens is 3. The maximum absolute atomic E-state index is 13.9. The fourth-order valence-corrected chi connectivity index (χ4v) is 1.90. The molecule has 2 nitrogen and oxygen atoms in total. The highest BCUT2D eigenvalue weighted by Gasteiger charge is 2.14. The molecule has 1 rings (SSSR count). The van der Waals surface area contributed by atoms with Crippen molar-refractivity contribution in [3.05, 3.63) is 115 Å². The van der Waals surface area contributed by atoms with Gasteiger partial charge in [0.25, 0.3) is 0 Å². The van der Waals surface area contributed by atoms with Gasteiger partial charge in [-0.25, -0.2) is 8.78 Å². The fourth-order valence-electron chi connectivity index (χ4n) is 1.90. The van der Waals surface area contributed by atoms with Crippen molar-refractivity contribution in [2.45, 2.75) is 19.8 Å². The van der Waals surface area contributed by atoms with E-state index >= 15 is 0 Å². The number of hydrogen-bond donors (Lipinski definition) is 1. The molecule has 5 heteroatoms. The van der Waals surface area contributed by atoms with Gasteiger partial charge in [-0.05, 0) is 43.0 Å². The average Bonchev–Trinajstić information content (AvgIpc) is 2.71. The maximum Gasteiger partial charge on any atom is 0.200 e. The molecule has 0 radical (unpaired) electrons. The van der Waals surface area contributed by atoms with Crippen LogP contribution in [-0.2, 0) is 11.2 Å². The predicted molar refractivity (Wildman–Crippen MR) is 114 cm³/mol. The minimum absolute atomic E-state index is 0.165. The summed E-state index contributed by atoms with van der Waals surface area (Å²) in [6.07, 6.45) is 5.82. The SMILES string of the molecule is C=C(/C=C\C(=C)C(=C)/C(F)=C(/F)C(=C)OC)CCc1ccc(O)c(F)c1.C=CC. The van der Waals surface area contributed by atoms with E-state index in [0.717, 1.165) is 0 Å². The molecule has 1 aromatic rings. The van der Waals surface area contributed by atoms with Crippen LogP contribution in [0.15, 0.2) is 103 Å². The summed E-state index contributed by atoms with van der Waals surface area (Å²) in [4.78, 5) is 0. The van der Waals surface area contributed by atoms with Crippen LogP contribution in [-0.4, -0.2) is 12.2 Å². The molecule has 0 bridgehead atoms. The second kappa shape index (κ2) is 13.0. The topological polar surface area (TPSA) is 29.5 Å². The molecule has 0 aliphatic carbocycles. The van der Waals surface area contributed by atoms with Crippen LogP contribution in [0.4, 0.5) is 13.2 Å². The van der Waals surface area contributed by atoms with Crippen LogP contribution in [0.2, 0.25) is 0 Å². The van der Waals surface area contributed by atoms with E-state index in [0.29, 0.717) is 24.0 Å². The largest absolute Gasteiger partial charge is 0.505 e. The Morgan fingerprint density at radius 1 is 1.10 bits per heavy atom. The first-order chi connectivity index (χ1) is 13.6. The van der Waals surface area contributed by atoms with Gasteiger partial charge in [0, 0.05) is 5.57 Å². The Bertz CT molecular complexity index is 846. The average molecular weight is 404 g/mol. The van der Waals surface area contributed by atoms with Gasteiger partial charge < -0.3 is 9.84 Å². The third-order valence-electron chi connectivity index (χ3n) is 3.60. The number of phenolic OH excluding ortho intramolecular Hbond substituents is 1. The van der Waals surface area contributed by atoms with Gasteiger partial charge in [-0.2, -0.15) is 4.39 Å². The molecule has 1 aromatic carbocycles. The first-order valence-electron chi connectivity index (χ1n) is 8.66. The molecule has 0 fully saturated rings. The summed E-state index contributed by atoms with van der Waals surface area (Å²) in [7, 11) is 1.18. The molecule has 156 valence electrons. The third kappa shape index (κ3) is 9.02. The lowest BCUT2D eigenvalue weighted by atomic mass is 10.0. The molecule has 0 unspecified atom stereocenters. The summed E-state index contributed by atoms with van der Waals surface area (Å²) in [5, 5.41) is 9.16. The lowest BCUT2D eigenvalue weighted by molar-refractivity contribution is 0.281. The van der Waals surface area contributed by atoms with E-state index in [2.05, 4.69) is 37.6 Å². The molecule has 0 heterocycles. The molecule has 0 saturated carbocycles. The van der Waals surface area contributed by atoms with Gasteiger partial charge in [0.2, 0.25) is 5.83 Å². The normalized spacial score (nSPS) is 11.1. The predicted octanol–water partition coefficient (Wildman–Crippen LogP) is 7.19. The molecule has 29 heavy (non-hydrogen) atoms. The van der Waals surface area contributed by atoms with Gasteiger partial charge >= 0.3 is 0 Å². The van der Waals surface area contributed by atoms with Crippen LogP contribution in [0.1, 0.15) is 18.9 Å². The Hall–Kier alpha value is -3.21. The van der Waals surface area contributed by atoms with Crippen LogP contribution in [0.25, 0.3) is 0 Å². The van der Waals surface area contributed by atoms with Crippen molar-refractivity contribution in [3.8, 4) is 5.75 Å². The van der Waals surface area contributed by atoms with Gasteiger partial charge in [-0.1, -0.05) is 56.2 Å². The number of methoxy groups -OCH3 is 1. The number of benzene rings is 1. The van der Waals surface area contributed by atoms with Crippen LogP contribution >= 0.6 is 0 Å². The van der Waals surface area contributed by atoms with Gasteiger partial charge in [0.1, 0.15) is 5.76 Å². The number of aryl methyl sites for hydroxylation is 1. The lowest BCUT2D eigenvalue weighted by Crippen LogP contribution is -1.93. The van der Waals surface area contributed by atoms with E-state index in [4.69, 9.17) is 5.11 Å². The second-order valence-electron chi connectivity index (χ2n) is 5.94. The highest BCUT2D eigenvalue weighted by molar-refractivity contribution is 5.49. The van der Waals surface area contributed by atoms with Crippen LogP contribution in [0.3, 0.4) is 0 Å². The first-order valence-corrected chi connectivity index (χ1v) is 8.66. The van der Waals surface area contributed by atoms with Gasteiger partial charge in [-0.15, -0.1) is 6.58 Å². The van der Waals surface area contributed by atoms with E-state index in [1.54, 1.807) is 18.2 Å². The summed E-state index contributed by atoms with van der Waals surface area (Å²) in [6, 6.07) is 4.15. The highest BCUT2D eigenvalue weighted by atomic mass is 19.2. The van der Waals surface area contributed by atoms with Crippen LogP contribution in [0.5, 0.6) is 5.75 Å². The molecule has 0 spiro atoms. The monoisotopic (exact) mass is 404 g/mol. The number of hydrogen-bond acceptors (Lipinski definition) is 2. The molecule has 0 aliphatic rings. The third-order valence-corrected chi connectivity index (χ3v) is 3.60. The van der Waals surface area contributed by atoms with E-state index in [-0.39, 0.29) is 11.1 Å². The zero-order valence-electron chi connectivity index (χ0n) is 16.9. The van der Waals surface area contributed by atoms with Crippen molar-refractivity contribution in [1.29, 1.82) is 0 Å². The van der Waals surface area contributed by atoms with Crippen molar-refractivity contribution in [1.82, 2.24) is 0 Å². The Morgan fingerprint density at radius 3 is 2.21 bits per heavy atom. The van der Waals surface area contributed by atoms with Crippen molar-refractivity contribution >= 4 is 0 Å². The number of rotatable bonds is 9. The highest BCUT2D eigenvalue weighted by Crippen LogP contribution is 2.27. The van der Waals surface area contributed by atoms with Crippen molar-refractivity contribution in [2.75, 3.05) is 7.11 Å². The Kier molecular flexibility index (Phi) is 11.6. The molecule has 0 saturated heterocycles. The molecule has 0 amide bonds. The molecule has 1 N–H and O–H groups in total. The minimum Gasteiger partial charge on any atom is -0.505 e. The molecule has 0 atom stereocenters. The summed E-state index contributed by atoms with van der Waals surface area (Å²) in [5.74, 6) is -3.96. The first kappa shape index (κ1) is 25.8. The minimum atomic E-state index is -1.24. The van der Waals surface area contributed by atoms with E-state index in [1.807, 2.05) is 6.92 Å². The summed E-state index contributed by atoms with van der Waals surface area (Å²) in [6.45, 7) is 19.4. The fraction of sp³-hybridized carbons (Fsp3) is 0.167. The quantitative estimate of drug-likeness (QED) is 0.268. The van der Waals surface area contributed by atoms with Crippen LogP contribution in [0, 0.1) is 5.82 Å². The van der Waals surface area contributed by atoms with E-state index < -0.39 is 29.0 Å². The smallest absolute Gasteiger partial charge is 0.200 e. The Morgan fingerprint density at radius 2 is 1.69 bits per heavy atom. The standard InChI is InChI=1S/C21H21F3O2.C3H6/c1-13(7-9-17-10-11-19(25)18(22)12-17)6-8-14(2)15(3)20(23)21(24)16(4)26-5;1-3-2/h6,8,10-12,25H,1-4,7,9H2,5H3;3H,1H2,2H3/b8-6-,21-20-;. The number of ether oxygens (including phenoxy) is 1. The Balaban J connectivity index is 0.00000245. The molecular formula is C24H27F3O2. The summed E-state index contributed by atoms with van der Waals surface area (Å²) in [5.41, 5.74) is 1.31. The van der Waals surface area contributed by atoms with Crippen molar-refractivity contribution < 1.29 is 23.0 Å². The van der Waals surface area contributed by atoms with Crippen molar-refractivity contribution in [2.24, 2.45) is 0 Å². The van der Waals surface area contributed by atoms with E-state index in [1.165, 1.54) is 25.3 Å². The number of allylic oxidation sites excluding steroid dienone is 8. The Labute approximate surface area is 171 Å². The lowest BCUT2D eigenvalue weighted by Gasteiger charge is -2.07. The van der Waals surface area contributed by atoms with Gasteiger partial charge in [-0.3, -0.25) is 0 Å². The zero-order valence-corrected chi connectivity index (χ0v) is 16.9. The molecule has 0 aromatic heterocycles. The van der Waals surface area contributed by atoms with Gasteiger partial charge in [0.15, 0.2) is 17.4 Å². The van der Waals surface area contributed by atoms with E-state index in [9.17, 15) is 13.2 Å². The number of aromatic hydroxyl groups is 1. The molecular weight excluding hydrogens is 377 g/mol. The second-order valence-corrected chi connectivity index (χ2v) is 5.94. The van der Waals surface area contributed by atoms with Crippen LogP contribution < -0.4 is 0 Å². The van der Waals surface area contributed by atoms with Gasteiger partial charge in [0.05, 0.1) is 7.11 Å². The zero-order chi connectivity index (χ0) is 22.6. The summed E-state index contributed by atoms with van der Waals surface area (Å²) >= 11 is 0. The van der Waals surface area contributed by atoms with Crippen molar-refractivity contribution in [3.63, 3.8) is 0 Å².